The Balaban J connectivity index is 2.31. The van der Waals surface area contributed by atoms with E-state index in [1.807, 2.05) is 0 Å². The monoisotopic (exact) mass is 265 g/mol. The molecule has 0 aliphatic rings. The summed E-state index contributed by atoms with van der Waals surface area (Å²) in [5, 5.41) is 22.1. The van der Waals surface area contributed by atoms with Crippen molar-refractivity contribution in [3.05, 3.63) is 53.6 Å². The summed E-state index contributed by atoms with van der Waals surface area (Å²) in [5.74, 6) is -1.41. The first-order valence-electron chi connectivity index (χ1n) is 5.71. The highest BCUT2D eigenvalue weighted by Gasteiger charge is 2.16. The first kappa shape index (κ1) is 13.1. The van der Waals surface area contributed by atoms with Gasteiger partial charge in [0.05, 0.1) is 17.3 Å². The largest absolute Gasteiger partial charge is 0.507 e. The fourth-order valence-corrected chi connectivity index (χ4v) is 1.90. The third kappa shape index (κ3) is 2.76. The maximum absolute atomic E-state index is 13.5. The van der Waals surface area contributed by atoms with E-state index in [1.165, 1.54) is 18.2 Å². The fraction of sp³-hybridized carbons (Fsp3) is 0.143. The first-order chi connectivity index (χ1) is 8.99. The van der Waals surface area contributed by atoms with Crippen LogP contribution in [0.1, 0.15) is 18.5 Å². The summed E-state index contributed by atoms with van der Waals surface area (Å²) in [4.78, 5) is 0. The van der Waals surface area contributed by atoms with E-state index in [2.05, 4.69) is 5.32 Å². The predicted molar refractivity (Wildman–Crippen MR) is 68.2 cm³/mol. The SMILES string of the molecule is CC(Nc1cc(F)ccc1F)c1c(O)cccc1O. The topological polar surface area (TPSA) is 52.5 Å². The molecule has 0 spiro atoms. The van der Waals surface area contributed by atoms with Crippen LogP contribution in [0, 0.1) is 11.6 Å². The number of rotatable bonds is 3. The zero-order valence-corrected chi connectivity index (χ0v) is 10.2. The lowest BCUT2D eigenvalue weighted by Gasteiger charge is -2.18. The number of hydrogen-bond acceptors (Lipinski definition) is 3. The fourth-order valence-electron chi connectivity index (χ4n) is 1.90. The number of nitrogens with one attached hydrogen (secondary N) is 1. The van der Waals surface area contributed by atoms with Gasteiger partial charge in [-0.05, 0) is 37.3 Å². The smallest absolute Gasteiger partial charge is 0.146 e. The molecule has 5 heteroatoms. The van der Waals surface area contributed by atoms with Crippen molar-refractivity contribution in [2.45, 2.75) is 13.0 Å². The van der Waals surface area contributed by atoms with Crippen molar-refractivity contribution < 1.29 is 19.0 Å². The zero-order chi connectivity index (χ0) is 14.0. The van der Waals surface area contributed by atoms with E-state index in [0.717, 1.165) is 18.2 Å². The molecule has 0 aliphatic heterocycles. The van der Waals surface area contributed by atoms with Crippen LogP contribution in [-0.4, -0.2) is 10.2 Å². The van der Waals surface area contributed by atoms with Crippen LogP contribution in [0.2, 0.25) is 0 Å². The van der Waals surface area contributed by atoms with E-state index < -0.39 is 17.7 Å². The van der Waals surface area contributed by atoms with Crippen molar-refractivity contribution in [3.63, 3.8) is 0 Å². The Morgan fingerprint density at radius 2 is 1.68 bits per heavy atom. The number of aromatic hydroxyl groups is 2. The quantitative estimate of drug-likeness (QED) is 0.795. The van der Waals surface area contributed by atoms with Gasteiger partial charge in [-0.2, -0.15) is 0 Å². The molecule has 2 rings (SSSR count). The highest BCUT2D eigenvalue weighted by molar-refractivity contribution is 5.52. The molecule has 0 aliphatic carbocycles. The molecule has 1 unspecified atom stereocenters. The molecule has 0 bridgehead atoms. The average molecular weight is 265 g/mol. The molecule has 0 radical (unpaired) electrons. The van der Waals surface area contributed by atoms with Crippen LogP contribution in [0.3, 0.4) is 0 Å². The zero-order valence-electron chi connectivity index (χ0n) is 10.2. The molecule has 2 aromatic carbocycles. The van der Waals surface area contributed by atoms with Gasteiger partial charge in [0.2, 0.25) is 0 Å². The summed E-state index contributed by atoms with van der Waals surface area (Å²) in [6.07, 6.45) is 0. The number of anilines is 1. The molecule has 3 N–H and O–H groups in total. The number of halogens is 2. The Bertz CT molecular complexity index is 582. The summed E-state index contributed by atoms with van der Waals surface area (Å²) in [7, 11) is 0. The van der Waals surface area contributed by atoms with Crippen LogP contribution in [0.15, 0.2) is 36.4 Å². The molecule has 0 aromatic heterocycles. The number of hydrogen-bond donors (Lipinski definition) is 3. The lowest BCUT2D eigenvalue weighted by atomic mass is 10.1. The molecule has 0 saturated heterocycles. The third-order valence-corrected chi connectivity index (χ3v) is 2.79. The van der Waals surface area contributed by atoms with Gasteiger partial charge >= 0.3 is 0 Å². The standard InChI is InChI=1S/C14H13F2NO2/c1-8(14-12(18)3-2-4-13(14)19)17-11-7-9(15)5-6-10(11)16/h2-8,17-19H,1H3. The average Bonchev–Trinajstić information content (AvgIpc) is 2.33. The molecule has 3 nitrogen and oxygen atoms in total. The van der Waals surface area contributed by atoms with E-state index in [9.17, 15) is 19.0 Å². The second-order valence-corrected chi connectivity index (χ2v) is 4.20. The van der Waals surface area contributed by atoms with Gasteiger partial charge in [0.1, 0.15) is 23.1 Å². The van der Waals surface area contributed by atoms with Gasteiger partial charge in [-0.25, -0.2) is 8.78 Å². The van der Waals surface area contributed by atoms with Gasteiger partial charge in [0, 0.05) is 0 Å². The van der Waals surface area contributed by atoms with Crippen molar-refractivity contribution in [2.75, 3.05) is 5.32 Å². The van der Waals surface area contributed by atoms with E-state index in [1.54, 1.807) is 6.92 Å². The second-order valence-electron chi connectivity index (χ2n) is 4.20. The van der Waals surface area contributed by atoms with E-state index in [4.69, 9.17) is 0 Å². The van der Waals surface area contributed by atoms with Crippen LogP contribution in [0.5, 0.6) is 11.5 Å². The molecule has 0 heterocycles. The first-order valence-corrected chi connectivity index (χ1v) is 5.71. The Morgan fingerprint density at radius 1 is 1.05 bits per heavy atom. The maximum atomic E-state index is 13.5. The molecule has 0 saturated carbocycles. The minimum atomic E-state index is -0.608. The maximum Gasteiger partial charge on any atom is 0.146 e. The minimum Gasteiger partial charge on any atom is -0.507 e. The van der Waals surface area contributed by atoms with Crippen LogP contribution < -0.4 is 5.32 Å². The number of phenols is 2. The highest BCUT2D eigenvalue weighted by atomic mass is 19.1. The summed E-state index contributed by atoms with van der Waals surface area (Å²) >= 11 is 0. The van der Waals surface area contributed by atoms with Gasteiger partial charge < -0.3 is 15.5 Å². The van der Waals surface area contributed by atoms with Gasteiger partial charge in [-0.3, -0.25) is 0 Å². The van der Waals surface area contributed by atoms with Crippen molar-refractivity contribution in [3.8, 4) is 11.5 Å². The van der Waals surface area contributed by atoms with E-state index >= 15 is 0 Å². The molecule has 0 amide bonds. The summed E-state index contributed by atoms with van der Waals surface area (Å²) in [5.41, 5.74) is 0.196. The van der Waals surface area contributed by atoms with Gasteiger partial charge in [0.15, 0.2) is 0 Å². The minimum absolute atomic E-state index is 0.0323. The summed E-state index contributed by atoms with van der Waals surface area (Å²) in [6.45, 7) is 1.62. The molecule has 2 aromatic rings. The third-order valence-electron chi connectivity index (χ3n) is 2.79. The van der Waals surface area contributed by atoms with Crippen molar-refractivity contribution in [1.82, 2.24) is 0 Å². The lowest BCUT2D eigenvalue weighted by molar-refractivity contribution is 0.434. The number of benzene rings is 2. The van der Waals surface area contributed by atoms with E-state index in [0.29, 0.717) is 0 Å². The van der Waals surface area contributed by atoms with Gasteiger partial charge in [-0.1, -0.05) is 6.07 Å². The van der Waals surface area contributed by atoms with Crippen LogP contribution >= 0.6 is 0 Å². The summed E-state index contributed by atoms with van der Waals surface area (Å²) in [6, 6.07) is 6.77. The van der Waals surface area contributed by atoms with Crippen LogP contribution in [0.25, 0.3) is 0 Å². The Labute approximate surface area is 109 Å². The van der Waals surface area contributed by atoms with Gasteiger partial charge in [0.25, 0.3) is 0 Å². The van der Waals surface area contributed by atoms with Crippen molar-refractivity contribution in [1.29, 1.82) is 0 Å². The van der Waals surface area contributed by atoms with Crippen LogP contribution in [-0.2, 0) is 0 Å². The Morgan fingerprint density at radius 3 is 2.32 bits per heavy atom. The molecule has 1 atom stereocenters. The highest BCUT2D eigenvalue weighted by Crippen LogP contribution is 2.34. The molecule has 0 fully saturated rings. The lowest BCUT2D eigenvalue weighted by Crippen LogP contribution is -2.08. The molecule has 19 heavy (non-hydrogen) atoms. The second kappa shape index (κ2) is 5.14. The van der Waals surface area contributed by atoms with E-state index in [-0.39, 0.29) is 22.7 Å². The van der Waals surface area contributed by atoms with Crippen LogP contribution in [0.4, 0.5) is 14.5 Å². The molecular formula is C14H13F2NO2. The summed E-state index contributed by atoms with van der Waals surface area (Å²) < 4.78 is 26.5. The number of phenolic OH excluding ortho intramolecular Hbond substituents is 2. The predicted octanol–water partition coefficient (Wildman–Crippen LogP) is 3.55. The van der Waals surface area contributed by atoms with Gasteiger partial charge in [-0.15, -0.1) is 0 Å². The normalized spacial score (nSPS) is 12.2. The molecular weight excluding hydrogens is 252 g/mol. The van der Waals surface area contributed by atoms with Crippen molar-refractivity contribution in [2.24, 2.45) is 0 Å². The Hall–Kier alpha value is -2.30. The Kier molecular flexibility index (Phi) is 3.55. The van der Waals surface area contributed by atoms with Crippen molar-refractivity contribution >= 4 is 5.69 Å². The molecule has 100 valence electrons.